The summed E-state index contributed by atoms with van der Waals surface area (Å²) in [4.78, 5) is 20.1. The van der Waals surface area contributed by atoms with E-state index >= 15 is 0 Å². The van der Waals surface area contributed by atoms with E-state index in [-0.39, 0.29) is 5.69 Å². The average molecular weight is 395 g/mol. The van der Waals surface area contributed by atoms with Crippen LogP contribution in [0.25, 0.3) is 11.0 Å². The highest BCUT2D eigenvalue weighted by Gasteiger charge is 2.31. The highest BCUT2D eigenvalue weighted by Crippen LogP contribution is 2.31. The first-order valence-corrected chi connectivity index (χ1v) is 8.83. The maximum Gasteiger partial charge on any atom is 0.416 e. The van der Waals surface area contributed by atoms with E-state index in [1.165, 1.54) is 30.3 Å². The minimum absolute atomic E-state index is 0.174. The molecule has 2 heterocycles. The van der Waals surface area contributed by atoms with E-state index in [1.807, 2.05) is 6.92 Å². The molecule has 1 amide bonds. The van der Waals surface area contributed by atoms with Gasteiger partial charge in [-0.3, -0.25) is 9.52 Å². The molecule has 0 radical (unpaired) electrons. The van der Waals surface area contributed by atoms with Crippen LogP contribution in [0.1, 0.15) is 28.8 Å². The van der Waals surface area contributed by atoms with Crippen LogP contribution in [0.15, 0.2) is 41.4 Å². The van der Waals surface area contributed by atoms with Gasteiger partial charge in [-0.2, -0.15) is 13.2 Å². The van der Waals surface area contributed by atoms with Gasteiger partial charge in [0.15, 0.2) is 0 Å². The number of carbonyl (C=O) groups is 1. The number of imidazole rings is 1. The molecule has 3 N–H and O–H groups in total. The molecule has 0 spiro atoms. The van der Waals surface area contributed by atoms with E-state index in [2.05, 4.69) is 14.7 Å². The van der Waals surface area contributed by atoms with Gasteiger partial charge in [0.25, 0.3) is 5.91 Å². The smallest absolute Gasteiger partial charge is 0.364 e. The van der Waals surface area contributed by atoms with Crippen LogP contribution in [0.2, 0.25) is 0 Å². The van der Waals surface area contributed by atoms with Crippen LogP contribution < -0.4 is 10.5 Å². The average Bonchev–Trinajstić information content (AvgIpc) is 2.98. The third kappa shape index (κ3) is 4.22. The van der Waals surface area contributed by atoms with Gasteiger partial charge in [0.1, 0.15) is 11.5 Å². The Morgan fingerprint density at radius 3 is 2.67 bits per heavy atom. The number of amides is 1. The summed E-state index contributed by atoms with van der Waals surface area (Å²) < 4.78 is 43.7. The number of nitrogens with one attached hydrogen (secondary N) is 1. The monoisotopic (exact) mass is 395 g/mol. The molecule has 2 aromatic heterocycles. The largest absolute Gasteiger partial charge is 0.416 e. The number of aryl methyl sites for hydroxylation is 1. The lowest BCUT2D eigenvalue weighted by atomic mass is 10.2. The predicted octanol–water partition coefficient (Wildman–Crippen LogP) is 3.37. The van der Waals surface area contributed by atoms with Crippen LogP contribution in [0.5, 0.6) is 0 Å². The number of alkyl halides is 3. The number of nitrogens with two attached hydrogens (primary N) is 1. The van der Waals surface area contributed by atoms with Crippen LogP contribution >= 0.6 is 11.9 Å². The van der Waals surface area contributed by atoms with E-state index in [0.29, 0.717) is 29.9 Å². The van der Waals surface area contributed by atoms with Crippen LogP contribution in [0, 0.1) is 0 Å². The molecule has 0 fully saturated rings. The second kappa shape index (κ2) is 7.57. The van der Waals surface area contributed by atoms with Gasteiger partial charge >= 0.3 is 6.18 Å². The summed E-state index contributed by atoms with van der Waals surface area (Å²) >= 11 is 1.27. The highest BCUT2D eigenvalue weighted by molar-refractivity contribution is 7.97. The summed E-state index contributed by atoms with van der Waals surface area (Å²) in [5.74, 6) is 0.0236. The summed E-state index contributed by atoms with van der Waals surface area (Å²) in [6.07, 6.45) is -2.88. The van der Waals surface area contributed by atoms with E-state index in [0.717, 1.165) is 17.0 Å². The molecule has 3 aromatic rings. The molecule has 0 aliphatic rings. The molecule has 6 nitrogen and oxygen atoms in total. The van der Waals surface area contributed by atoms with Gasteiger partial charge < -0.3 is 10.3 Å². The molecule has 0 aliphatic heterocycles. The second-order valence-corrected chi connectivity index (χ2v) is 6.60. The third-order valence-electron chi connectivity index (χ3n) is 3.88. The van der Waals surface area contributed by atoms with Crippen molar-refractivity contribution in [3.63, 3.8) is 0 Å². The molecule has 3 rings (SSSR count). The first kappa shape index (κ1) is 19.2. The summed E-state index contributed by atoms with van der Waals surface area (Å²) in [6.45, 7) is 2.69. The van der Waals surface area contributed by atoms with Crippen molar-refractivity contribution >= 4 is 28.9 Å². The van der Waals surface area contributed by atoms with Gasteiger partial charge in [0.2, 0.25) is 0 Å². The van der Waals surface area contributed by atoms with Crippen molar-refractivity contribution < 1.29 is 18.0 Å². The SMILES string of the molecule is CCn1c(CNSc2ccc(C(N)=O)nc2)nc2ccc(C(F)(F)F)cc21. The number of carbonyl (C=O) groups excluding carboxylic acids is 1. The Morgan fingerprint density at radius 2 is 2.07 bits per heavy atom. The van der Waals surface area contributed by atoms with Crippen molar-refractivity contribution in [2.45, 2.75) is 31.1 Å². The fraction of sp³-hybridized carbons (Fsp3) is 0.235. The number of hydrogen-bond donors (Lipinski definition) is 2. The number of aromatic nitrogens is 3. The molecule has 27 heavy (non-hydrogen) atoms. The first-order chi connectivity index (χ1) is 12.8. The molecular formula is C17H16F3N5OS. The minimum Gasteiger partial charge on any atom is -0.364 e. The van der Waals surface area contributed by atoms with Crippen molar-refractivity contribution in [2.24, 2.45) is 5.73 Å². The normalized spacial score (nSPS) is 11.9. The second-order valence-electron chi connectivity index (χ2n) is 5.64. The van der Waals surface area contributed by atoms with Gasteiger partial charge in [-0.25, -0.2) is 9.97 Å². The standard InChI is InChI=1S/C17H16F3N5OS/c1-2-25-14-7-10(17(18,19)20)3-5-12(14)24-15(25)9-23-27-11-4-6-13(16(21)26)22-8-11/h3-8,23H,2,9H2,1H3,(H2,21,26). The Labute approximate surface area is 157 Å². The van der Waals surface area contributed by atoms with Gasteiger partial charge in [0, 0.05) is 17.6 Å². The number of rotatable bonds is 6. The van der Waals surface area contributed by atoms with Gasteiger partial charge in [-0.15, -0.1) is 0 Å². The number of nitrogens with zero attached hydrogens (tertiary/aromatic N) is 3. The van der Waals surface area contributed by atoms with E-state index < -0.39 is 17.6 Å². The topological polar surface area (TPSA) is 85.8 Å². The summed E-state index contributed by atoms with van der Waals surface area (Å²) in [5, 5.41) is 0. The van der Waals surface area contributed by atoms with Crippen molar-refractivity contribution in [3.8, 4) is 0 Å². The Balaban J connectivity index is 1.75. The highest BCUT2D eigenvalue weighted by atomic mass is 32.2. The van der Waals surface area contributed by atoms with Crippen molar-refractivity contribution in [1.29, 1.82) is 0 Å². The lowest BCUT2D eigenvalue weighted by molar-refractivity contribution is -0.137. The minimum atomic E-state index is -4.39. The lowest BCUT2D eigenvalue weighted by Crippen LogP contribution is -2.13. The van der Waals surface area contributed by atoms with Crippen molar-refractivity contribution in [2.75, 3.05) is 0 Å². The fourth-order valence-corrected chi connectivity index (χ4v) is 3.22. The van der Waals surface area contributed by atoms with Gasteiger partial charge in [-0.05, 0) is 49.2 Å². The molecule has 10 heteroatoms. The molecular weight excluding hydrogens is 379 g/mol. The lowest BCUT2D eigenvalue weighted by Gasteiger charge is -2.09. The fourth-order valence-electron chi connectivity index (χ4n) is 2.61. The van der Waals surface area contributed by atoms with E-state index in [1.54, 1.807) is 10.6 Å². The molecule has 142 valence electrons. The molecule has 0 bridgehead atoms. The van der Waals surface area contributed by atoms with Crippen LogP contribution in [-0.4, -0.2) is 20.4 Å². The third-order valence-corrected chi connectivity index (χ3v) is 4.65. The van der Waals surface area contributed by atoms with Crippen LogP contribution in [0.3, 0.4) is 0 Å². The number of primary amides is 1. The predicted molar refractivity (Wildman–Crippen MR) is 95.9 cm³/mol. The maximum atomic E-state index is 12.9. The zero-order valence-corrected chi connectivity index (χ0v) is 15.1. The number of pyridine rings is 1. The number of benzene rings is 1. The summed E-state index contributed by atoms with van der Waals surface area (Å²) in [7, 11) is 0. The number of fused-ring (bicyclic) bond motifs is 1. The quantitative estimate of drug-likeness (QED) is 0.625. The number of halogens is 3. The van der Waals surface area contributed by atoms with Gasteiger partial charge in [-0.1, -0.05) is 0 Å². The Morgan fingerprint density at radius 1 is 1.30 bits per heavy atom. The Kier molecular flexibility index (Phi) is 5.38. The van der Waals surface area contributed by atoms with E-state index in [4.69, 9.17) is 5.73 Å². The zero-order chi connectivity index (χ0) is 19.6. The molecule has 0 atom stereocenters. The molecule has 1 aromatic carbocycles. The summed E-state index contributed by atoms with van der Waals surface area (Å²) in [5.41, 5.74) is 5.58. The molecule has 0 aliphatic carbocycles. The molecule has 0 saturated carbocycles. The Hall–Kier alpha value is -2.59. The first-order valence-electron chi connectivity index (χ1n) is 8.01. The van der Waals surface area contributed by atoms with Crippen molar-refractivity contribution in [3.05, 3.63) is 53.6 Å². The van der Waals surface area contributed by atoms with Crippen LogP contribution in [0.4, 0.5) is 13.2 Å². The van der Waals surface area contributed by atoms with Crippen molar-refractivity contribution in [1.82, 2.24) is 19.3 Å². The maximum absolute atomic E-state index is 12.9. The Bertz CT molecular complexity index is 969. The molecule has 0 unspecified atom stereocenters. The number of hydrogen-bond acceptors (Lipinski definition) is 5. The molecule has 0 saturated heterocycles. The van der Waals surface area contributed by atoms with E-state index in [9.17, 15) is 18.0 Å². The summed E-state index contributed by atoms with van der Waals surface area (Å²) in [6, 6.07) is 6.76. The van der Waals surface area contributed by atoms with Crippen LogP contribution in [-0.2, 0) is 19.3 Å². The zero-order valence-electron chi connectivity index (χ0n) is 14.2. The van der Waals surface area contributed by atoms with Gasteiger partial charge in [0.05, 0.1) is 23.1 Å².